The molecule has 0 saturated heterocycles. The van der Waals surface area contributed by atoms with Crippen LogP contribution in [0, 0.1) is 19.7 Å². The van der Waals surface area contributed by atoms with Gasteiger partial charge in [0.25, 0.3) is 10.0 Å². The molecule has 0 unspecified atom stereocenters. The molecule has 2 aromatic rings. The van der Waals surface area contributed by atoms with Crippen molar-refractivity contribution in [2.75, 3.05) is 11.4 Å². The maximum atomic E-state index is 12.8. The van der Waals surface area contributed by atoms with E-state index >= 15 is 0 Å². The van der Waals surface area contributed by atoms with Crippen molar-refractivity contribution in [2.24, 2.45) is 0 Å². The molecular weight excluding hydrogens is 287 g/mol. The standard InChI is InChI=1S/C12H13FN2O2S2/c1-8-9(2)18-12(14-8)15(3)19(16,17)11-6-4-10(13)5-7-11/h4-7H,1-3H3. The van der Waals surface area contributed by atoms with Crippen molar-refractivity contribution in [3.05, 3.63) is 40.7 Å². The van der Waals surface area contributed by atoms with Gasteiger partial charge in [-0.05, 0) is 38.1 Å². The van der Waals surface area contributed by atoms with Gasteiger partial charge in [-0.25, -0.2) is 22.1 Å². The third-order valence-corrected chi connectivity index (χ3v) is 5.79. The van der Waals surface area contributed by atoms with Crippen LogP contribution in [-0.4, -0.2) is 20.4 Å². The molecule has 0 aliphatic heterocycles. The van der Waals surface area contributed by atoms with Crippen LogP contribution in [0.1, 0.15) is 10.6 Å². The van der Waals surface area contributed by atoms with E-state index in [1.54, 1.807) is 0 Å². The van der Waals surface area contributed by atoms with Gasteiger partial charge in [0.05, 0.1) is 10.6 Å². The number of sulfonamides is 1. The fraction of sp³-hybridized carbons (Fsp3) is 0.250. The van der Waals surface area contributed by atoms with Crippen molar-refractivity contribution in [1.82, 2.24) is 4.98 Å². The summed E-state index contributed by atoms with van der Waals surface area (Å²) >= 11 is 1.31. The average molecular weight is 300 g/mol. The molecule has 4 nitrogen and oxygen atoms in total. The lowest BCUT2D eigenvalue weighted by molar-refractivity contribution is 0.593. The Bertz CT molecular complexity index is 674. The summed E-state index contributed by atoms with van der Waals surface area (Å²) in [6.45, 7) is 3.71. The monoisotopic (exact) mass is 300 g/mol. The Hall–Kier alpha value is -1.47. The van der Waals surface area contributed by atoms with E-state index in [-0.39, 0.29) is 4.90 Å². The number of halogens is 1. The van der Waals surface area contributed by atoms with Crippen LogP contribution in [0.5, 0.6) is 0 Å². The van der Waals surface area contributed by atoms with Crippen molar-refractivity contribution in [1.29, 1.82) is 0 Å². The minimum Gasteiger partial charge on any atom is -0.244 e. The molecule has 102 valence electrons. The largest absolute Gasteiger partial charge is 0.265 e. The summed E-state index contributed by atoms with van der Waals surface area (Å²) in [5.41, 5.74) is 0.807. The lowest BCUT2D eigenvalue weighted by Gasteiger charge is -2.16. The summed E-state index contributed by atoms with van der Waals surface area (Å²) in [7, 11) is -2.26. The quantitative estimate of drug-likeness (QED) is 0.875. The zero-order valence-electron chi connectivity index (χ0n) is 10.7. The molecule has 0 atom stereocenters. The fourth-order valence-electron chi connectivity index (χ4n) is 1.46. The Balaban J connectivity index is 2.41. The summed E-state index contributed by atoms with van der Waals surface area (Å²) in [6, 6.07) is 4.74. The highest BCUT2D eigenvalue weighted by molar-refractivity contribution is 7.93. The van der Waals surface area contributed by atoms with Crippen LogP contribution < -0.4 is 4.31 Å². The van der Waals surface area contributed by atoms with E-state index in [1.165, 1.54) is 30.5 Å². The molecule has 0 radical (unpaired) electrons. The van der Waals surface area contributed by atoms with Crippen molar-refractivity contribution < 1.29 is 12.8 Å². The molecule has 19 heavy (non-hydrogen) atoms. The molecule has 2 rings (SSSR count). The minimum atomic E-state index is -3.70. The van der Waals surface area contributed by atoms with E-state index < -0.39 is 15.8 Å². The topological polar surface area (TPSA) is 50.3 Å². The van der Waals surface area contributed by atoms with E-state index in [4.69, 9.17) is 0 Å². The summed E-state index contributed by atoms with van der Waals surface area (Å²) in [6.07, 6.45) is 0. The SMILES string of the molecule is Cc1nc(N(C)S(=O)(=O)c2ccc(F)cc2)sc1C. The van der Waals surface area contributed by atoms with Gasteiger partial charge in [0.2, 0.25) is 0 Å². The van der Waals surface area contributed by atoms with Gasteiger partial charge in [0.1, 0.15) is 5.82 Å². The lowest BCUT2D eigenvalue weighted by atomic mass is 10.4. The molecule has 0 N–H and O–H groups in total. The molecule has 0 bridgehead atoms. The van der Waals surface area contributed by atoms with Gasteiger partial charge >= 0.3 is 0 Å². The Morgan fingerprint density at radius 2 is 1.79 bits per heavy atom. The normalized spacial score (nSPS) is 11.6. The first-order chi connectivity index (χ1) is 8.82. The van der Waals surface area contributed by atoms with Crippen molar-refractivity contribution in [3.8, 4) is 0 Å². The molecule has 0 spiro atoms. The van der Waals surface area contributed by atoms with E-state index in [0.29, 0.717) is 5.13 Å². The van der Waals surface area contributed by atoms with E-state index in [0.717, 1.165) is 27.0 Å². The first kappa shape index (κ1) is 14.0. The van der Waals surface area contributed by atoms with Gasteiger partial charge in [0.15, 0.2) is 5.13 Å². The zero-order valence-corrected chi connectivity index (χ0v) is 12.3. The first-order valence-corrected chi connectivity index (χ1v) is 7.76. The molecule has 7 heteroatoms. The molecule has 0 saturated carbocycles. The number of nitrogens with zero attached hydrogens (tertiary/aromatic N) is 2. The van der Waals surface area contributed by atoms with Gasteiger partial charge in [-0.2, -0.15) is 0 Å². The van der Waals surface area contributed by atoms with Crippen LogP contribution in [0.25, 0.3) is 0 Å². The highest BCUT2D eigenvalue weighted by atomic mass is 32.2. The Morgan fingerprint density at radius 1 is 1.21 bits per heavy atom. The number of hydrogen-bond acceptors (Lipinski definition) is 4. The fourth-order valence-corrected chi connectivity index (χ4v) is 3.69. The number of rotatable bonds is 3. The van der Waals surface area contributed by atoms with E-state index in [9.17, 15) is 12.8 Å². The predicted molar refractivity (Wildman–Crippen MR) is 73.6 cm³/mol. The van der Waals surface area contributed by atoms with Gasteiger partial charge in [-0.15, -0.1) is 11.3 Å². The summed E-state index contributed by atoms with van der Waals surface area (Å²) in [4.78, 5) is 5.22. The van der Waals surface area contributed by atoms with Gasteiger partial charge < -0.3 is 0 Å². The number of hydrogen-bond donors (Lipinski definition) is 0. The number of thiazole rings is 1. The molecular formula is C12H13FN2O2S2. The molecule has 0 fully saturated rings. The summed E-state index contributed by atoms with van der Waals surface area (Å²) < 4.78 is 38.6. The second kappa shape index (κ2) is 4.90. The molecule has 0 amide bonds. The summed E-state index contributed by atoms with van der Waals surface area (Å²) in [5, 5.41) is 0.402. The van der Waals surface area contributed by atoms with Crippen LogP contribution in [0.3, 0.4) is 0 Å². The van der Waals surface area contributed by atoms with Crippen LogP contribution in [0.4, 0.5) is 9.52 Å². The Morgan fingerprint density at radius 3 is 2.26 bits per heavy atom. The smallest absolute Gasteiger partial charge is 0.244 e. The molecule has 1 heterocycles. The van der Waals surface area contributed by atoms with Crippen LogP contribution in [0.2, 0.25) is 0 Å². The Kier molecular flexibility index (Phi) is 3.60. The minimum absolute atomic E-state index is 0.0434. The predicted octanol–water partition coefficient (Wildman–Crippen LogP) is 2.72. The van der Waals surface area contributed by atoms with Crippen molar-refractivity contribution in [2.45, 2.75) is 18.7 Å². The van der Waals surface area contributed by atoms with E-state index in [1.807, 2.05) is 13.8 Å². The van der Waals surface area contributed by atoms with Crippen LogP contribution >= 0.6 is 11.3 Å². The molecule has 1 aromatic carbocycles. The van der Waals surface area contributed by atoms with E-state index in [2.05, 4.69) is 4.98 Å². The third-order valence-electron chi connectivity index (χ3n) is 2.76. The number of aromatic nitrogens is 1. The third kappa shape index (κ3) is 2.62. The number of anilines is 1. The molecule has 0 aliphatic rings. The van der Waals surface area contributed by atoms with Gasteiger partial charge in [-0.1, -0.05) is 0 Å². The van der Waals surface area contributed by atoms with Gasteiger partial charge in [0, 0.05) is 11.9 Å². The van der Waals surface area contributed by atoms with Crippen LogP contribution in [-0.2, 0) is 10.0 Å². The first-order valence-electron chi connectivity index (χ1n) is 5.51. The van der Waals surface area contributed by atoms with Crippen molar-refractivity contribution in [3.63, 3.8) is 0 Å². The lowest BCUT2D eigenvalue weighted by Crippen LogP contribution is -2.26. The number of aryl methyl sites for hydroxylation is 2. The Labute approximate surface area is 115 Å². The average Bonchev–Trinajstić information content (AvgIpc) is 2.69. The number of benzene rings is 1. The highest BCUT2D eigenvalue weighted by Gasteiger charge is 2.24. The summed E-state index contributed by atoms with van der Waals surface area (Å²) in [5.74, 6) is -0.470. The van der Waals surface area contributed by atoms with Gasteiger partial charge in [-0.3, -0.25) is 0 Å². The maximum absolute atomic E-state index is 12.8. The van der Waals surface area contributed by atoms with Crippen molar-refractivity contribution >= 4 is 26.5 Å². The second-order valence-corrected chi connectivity index (χ2v) is 7.22. The van der Waals surface area contributed by atoms with Crippen LogP contribution in [0.15, 0.2) is 29.2 Å². The second-order valence-electron chi connectivity index (χ2n) is 4.06. The highest BCUT2D eigenvalue weighted by Crippen LogP contribution is 2.28. The maximum Gasteiger partial charge on any atom is 0.265 e. The molecule has 0 aliphatic carbocycles. The zero-order chi connectivity index (χ0) is 14.2. The molecule has 1 aromatic heterocycles.